The lowest BCUT2D eigenvalue weighted by atomic mass is 10.1. The maximum Gasteiger partial charge on any atom is 0.272 e. The van der Waals surface area contributed by atoms with Gasteiger partial charge in [0.1, 0.15) is 6.61 Å². The molecule has 5 nitrogen and oxygen atoms in total. The molecule has 0 unspecified atom stereocenters. The normalized spacial score (nSPS) is 9.95. The van der Waals surface area contributed by atoms with Crippen molar-refractivity contribution in [3.8, 4) is 11.8 Å². The highest BCUT2D eigenvalue weighted by Gasteiger charge is 2.12. The molecule has 0 aromatic heterocycles. The highest BCUT2D eigenvalue weighted by molar-refractivity contribution is 5.39. The van der Waals surface area contributed by atoms with Crippen LogP contribution < -0.4 is 4.74 Å². The fourth-order valence-corrected chi connectivity index (χ4v) is 1.80. The summed E-state index contributed by atoms with van der Waals surface area (Å²) in [6.45, 7) is 1.94. The van der Waals surface area contributed by atoms with Crippen LogP contribution in [-0.4, -0.2) is 4.92 Å². The van der Waals surface area contributed by atoms with E-state index in [1.807, 2.05) is 13.0 Å². The summed E-state index contributed by atoms with van der Waals surface area (Å²) in [4.78, 5) is 9.85. The van der Waals surface area contributed by atoms with Gasteiger partial charge in [-0.2, -0.15) is 5.26 Å². The summed E-state index contributed by atoms with van der Waals surface area (Å²) in [5, 5.41) is 19.3. The Bertz CT molecular complexity index is 738. The minimum absolute atomic E-state index is 0.0515. The van der Waals surface area contributed by atoms with E-state index in [2.05, 4.69) is 0 Å². The van der Waals surface area contributed by atoms with Crippen LogP contribution in [0.15, 0.2) is 36.4 Å². The molecule has 0 amide bonds. The number of benzene rings is 2. The number of non-ortho nitro benzene ring substituents is 1. The third-order valence-electron chi connectivity index (χ3n) is 2.98. The van der Waals surface area contributed by atoms with Gasteiger partial charge < -0.3 is 4.74 Å². The van der Waals surface area contributed by atoms with Gasteiger partial charge in [-0.05, 0) is 36.2 Å². The van der Waals surface area contributed by atoms with Gasteiger partial charge in [-0.1, -0.05) is 6.07 Å². The Hall–Kier alpha value is -2.94. The van der Waals surface area contributed by atoms with E-state index < -0.39 is 10.7 Å². The highest BCUT2D eigenvalue weighted by Crippen LogP contribution is 2.23. The van der Waals surface area contributed by atoms with Crippen LogP contribution in [0.4, 0.5) is 10.1 Å². The summed E-state index contributed by atoms with van der Waals surface area (Å²) < 4.78 is 19.0. The van der Waals surface area contributed by atoms with Gasteiger partial charge in [0.25, 0.3) is 5.69 Å². The summed E-state index contributed by atoms with van der Waals surface area (Å²) in [5.74, 6) is -0.833. The zero-order valence-corrected chi connectivity index (χ0v) is 11.2. The maximum absolute atomic E-state index is 13.7. The van der Waals surface area contributed by atoms with Gasteiger partial charge in [0, 0.05) is 6.07 Å². The number of rotatable bonds is 4. The number of halogens is 1. The quantitative estimate of drug-likeness (QED) is 0.636. The Morgan fingerprint density at radius 1 is 1.33 bits per heavy atom. The number of nitro groups is 1. The smallest absolute Gasteiger partial charge is 0.272 e. The molecule has 0 atom stereocenters. The molecule has 2 aromatic carbocycles. The lowest BCUT2D eigenvalue weighted by Gasteiger charge is -2.09. The van der Waals surface area contributed by atoms with Gasteiger partial charge >= 0.3 is 0 Å². The molecule has 0 aliphatic heterocycles. The summed E-state index contributed by atoms with van der Waals surface area (Å²) in [6, 6.07) is 10.4. The monoisotopic (exact) mass is 286 g/mol. The predicted molar refractivity (Wildman–Crippen MR) is 73.3 cm³/mol. The lowest BCUT2D eigenvalue weighted by molar-refractivity contribution is -0.385. The second kappa shape index (κ2) is 6.01. The van der Waals surface area contributed by atoms with Gasteiger partial charge in [0.15, 0.2) is 11.6 Å². The number of hydrogen-bond acceptors (Lipinski definition) is 4. The van der Waals surface area contributed by atoms with Crippen molar-refractivity contribution in [2.45, 2.75) is 13.5 Å². The predicted octanol–water partition coefficient (Wildman–Crippen LogP) is 3.49. The van der Waals surface area contributed by atoms with Crippen molar-refractivity contribution < 1.29 is 14.1 Å². The van der Waals surface area contributed by atoms with Gasteiger partial charge in [0.2, 0.25) is 0 Å². The molecular weight excluding hydrogens is 275 g/mol. The molecule has 0 aliphatic rings. The second-order valence-electron chi connectivity index (χ2n) is 4.41. The van der Waals surface area contributed by atoms with E-state index >= 15 is 0 Å². The number of nitrogens with zero attached hydrogens (tertiary/aromatic N) is 2. The molecule has 21 heavy (non-hydrogen) atoms. The van der Waals surface area contributed by atoms with Crippen LogP contribution in [0.2, 0.25) is 0 Å². The molecule has 0 fully saturated rings. The molecule has 6 heteroatoms. The van der Waals surface area contributed by atoms with E-state index in [0.29, 0.717) is 5.56 Å². The van der Waals surface area contributed by atoms with E-state index in [9.17, 15) is 14.5 Å². The van der Waals surface area contributed by atoms with Gasteiger partial charge in [-0.15, -0.1) is 0 Å². The van der Waals surface area contributed by atoms with Crippen LogP contribution in [0.1, 0.15) is 16.7 Å². The molecule has 2 rings (SSSR count). The third kappa shape index (κ3) is 3.34. The molecule has 0 bridgehead atoms. The number of hydrogen-bond donors (Lipinski definition) is 0. The fraction of sp³-hybridized carbons (Fsp3) is 0.133. The summed E-state index contributed by atoms with van der Waals surface area (Å²) >= 11 is 0. The number of nitriles is 1. The van der Waals surface area contributed by atoms with E-state index in [1.54, 1.807) is 18.2 Å². The number of aryl methyl sites for hydroxylation is 1. The molecule has 0 heterocycles. The van der Waals surface area contributed by atoms with Crippen molar-refractivity contribution in [2.24, 2.45) is 0 Å². The van der Waals surface area contributed by atoms with Gasteiger partial charge in [-0.25, -0.2) is 4.39 Å². The van der Waals surface area contributed by atoms with Crippen molar-refractivity contribution in [1.29, 1.82) is 5.26 Å². The lowest BCUT2D eigenvalue weighted by Crippen LogP contribution is -2.00. The zero-order chi connectivity index (χ0) is 15.4. The average Bonchev–Trinajstić information content (AvgIpc) is 2.46. The van der Waals surface area contributed by atoms with E-state index in [1.165, 1.54) is 12.1 Å². The summed E-state index contributed by atoms with van der Waals surface area (Å²) in [6.07, 6.45) is 0. The summed E-state index contributed by atoms with van der Waals surface area (Å²) in [7, 11) is 0. The largest absolute Gasteiger partial charge is 0.486 e. The van der Waals surface area contributed by atoms with Crippen molar-refractivity contribution in [3.05, 3.63) is 69.0 Å². The second-order valence-corrected chi connectivity index (χ2v) is 4.41. The Balaban J connectivity index is 2.13. The fourth-order valence-electron chi connectivity index (χ4n) is 1.80. The first-order chi connectivity index (χ1) is 10.0. The van der Waals surface area contributed by atoms with Crippen LogP contribution in [0, 0.1) is 34.2 Å². The van der Waals surface area contributed by atoms with Crippen molar-refractivity contribution in [1.82, 2.24) is 0 Å². The van der Waals surface area contributed by atoms with Gasteiger partial charge in [-0.3, -0.25) is 10.1 Å². The standard InChI is InChI=1S/C15H11FN2O3/c1-10-6-11(8-17)2-3-12(10)9-21-15-5-4-13(18(19)20)7-14(15)16/h2-7H,9H2,1H3. The highest BCUT2D eigenvalue weighted by atomic mass is 19.1. The SMILES string of the molecule is Cc1cc(C#N)ccc1COc1ccc([N+](=O)[O-])cc1F. The first kappa shape index (κ1) is 14.5. The molecule has 2 aromatic rings. The Morgan fingerprint density at radius 2 is 2.10 bits per heavy atom. The molecule has 0 aliphatic carbocycles. The number of ether oxygens (including phenoxy) is 1. The van der Waals surface area contributed by atoms with Crippen molar-refractivity contribution in [3.63, 3.8) is 0 Å². The van der Waals surface area contributed by atoms with Crippen LogP contribution in [0.5, 0.6) is 5.75 Å². The topological polar surface area (TPSA) is 76.2 Å². The minimum atomic E-state index is -0.782. The summed E-state index contributed by atoms with van der Waals surface area (Å²) in [5.41, 5.74) is 1.88. The minimum Gasteiger partial charge on any atom is -0.486 e. The maximum atomic E-state index is 13.7. The molecule has 106 valence electrons. The molecule has 0 spiro atoms. The van der Waals surface area contributed by atoms with E-state index in [0.717, 1.165) is 17.2 Å². The van der Waals surface area contributed by atoms with E-state index in [4.69, 9.17) is 10.00 Å². The van der Waals surface area contributed by atoms with Gasteiger partial charge in [0.05, 0.1) is 22.6 Å². The first-order valence-corrected chi connectivity index (χ1v) is 6.07. The Labute approximate surface area is 120 Å². The zero-order valence-electron chi connectivity index (χ0n) is 11.2. The van der Waals surface area contributed by atoms with Crippen molar-refractivity contribution >= 4 is 5.69 Å². The molecule has 0 N–H and O–H groups in total. The third-order valence-corrected chi connectivity index (χ3v) is 2.98. The van der Waals surface area contributed by atoms with E-state index in [-0.39, 0.29) is 18.0 Å². The van der Waals surface area contributed by atoms with Crippen LogP contribution >= 0.6 is 0 Å². The van der Waals surface area contributed by atoms with Crippen LogP contribution in [0.25, 0.3) is 0 Å². The van der Waals surface area contributed by atoms with Crippen molar-refractivity contribution in [2.75, 3.05) is 0 Å². The first-order valence-electron chi connectivity index (χ1n) is 6.07. The molecule has 0 radical (unpaired) electrons. The Kier molecular flexibility index (Phi) is 4.14. The molecular formula is C15H11FN2O3. The van der Waals surface area contributed by atoms with Crippen LogP contribution in [-0.2, 0) is 6.61 Å². The Morgan fingerprint density at radius 3 is 2.67 bits per heavy atom. The number of nitro benzene ring substituents is 1. The average molecular weight is 286 g/mol. The van der Waals surface area contributed by atoms with Crippen LogP contribution in [0.3, 0.4) is 0 Å². The molecule has 0 saturated heterocycles. The molecule has 0 saturated carbocycles.